The molecular formula is C30H50O. The van der Waals surface area contributed by atoms with Gasteiger partial charge in [0.2, 0.25) is 0 Å². The second-order valence-corrected chi connectivity index (χ2v) is 15.0. The summed E-state index contributed by atoms with van der Waals surface area (Å²) in [6, 6.07) is 0. The van der Waals surface area contributed by atoms with Gasteiger partial charge in [-0.15, -0.1) is 0 Å². The molecule has 0 saturated heterocycles. The van der Waals surface area contributed by atoms with E-state index in [1.807, 2.05) is 5.57 Å². The van der Waals surface area contributed by atoms with Crippen LogP contribution in [0.5, 0.6) is 0 Å². The number of aliphatic hydroxyl groups excluding tert-OH is 1. The molecule has 8 atom stereocenters. The SMILES string of the molecule is CC1(C)CCCC2(C)C1=CCC1(C)C2CCC2C3(C)CCC(O)C(C)(C)C3CCC21C. The predicted molar refractivity (Wildman–Crippen MR) is 131 cm³/mol. The second kappa shape index (κ2) is 6.43. The molecule has 8 unspecified atom stereocenters. The Kier molecular flexibility index (Phi) is 4.66. The number of fused-ring (bicyclic) bond motifs is 7. The Morgan fingerprint density at radius 2 is 1.39 bits per heavy atom. The Labute approximate surface area is 192 Å². The first kappa shape index (κ1) is 22.5. The van der Waals surface area contributed by atoms with Crippen LogP contribution in [-0.2, 0) is 0 Å². The number of allylic oxidation sites excluding steroid dienone is 2. The Balaban J connectivity index is 1.58. The highest BCUT2D eigenvalue weighted by molar-refractivity contribution is 5.32. The van der Waals surface area contributed by atoms with E-state index in [1.165, 1.54) is 57.8 Å². The van der Waals surface area contributed by atoms with E-state index in [9.17, 15) is 5.11 Å². The summed E-state index contributed by atoms with van der Waals surface area (Å²) in [5.74, 6) is 2.31. The van der Waals surface area contributed by atoms with Crippen molar-refractivity contribution in [2.45, 2.75) is 126 Å². The lowest BCUT2D eigenvalue weighted by molar-refractivity contribution is -0.237. The third-order valence-corrected chi connectivity index (χ3v) is 13.2. The minimum absolute atomic E-state index is 0.0606. The van der Waals surface area contributed by atoms with Gasteiger partial charge < -0.3 is 5.11 Å². The lowest BCUT2D eigenvalue weighted by Crippen LogP contribution is -2.66. The van der Waals surface area contributed by atoms with Crippen LogP contribution in [0.4, 0.5) is 0 Å². The molecule has 5 rings (SSSR count). The molecule has 4 saturated carbocycles. The van der Waals surface area contributed by atoms with Crippen LogP contribution in [0.25, 0.3) is 0 Å². The smallest absolute Gasteiger partial charge is 0.0594 e. The largest absolute Gasteiger partial charge is 0.393 e. The molecule has 4 fully saturated rings. The summed E-state index contributed by atoms with van der Waals surface area (Å²) in [6.07, 6.45) is 15.9. The van der Waals surface area contributed by atoms with Crippen LogP contribution in [-0.4, -0.2) is 11.2 Å². The zero-order chi connectivity index (χ0) is 22.7. The first-order valence-corrected chi connectivity index (χ1v) is 13.6. The summed E-state index contributed by atoms with van der Waals surface area (Å²) in [6.45, 7) is 20.5. The molecule has 0 bridgehead atoms. The van der Waals surface area contributed by atoms with Crippen molar-refractivity contribution >= 4 is 0 Å². The van der Waals surface area contributed by atoms with Crippen molar-refractivity contribution in [3.8, 4) is 0 Å². The maximum atomic E-state index is 10.9. The van der Waals surface area contributed by atoms with Gasteiger partial charge in [0.1, 0.15) is 0 Å². The van der Waals surface area contributed by atoms with E-state index in [4.69, 9.17) is 0 Å². The Bertz CT molecular complexity index is 790. The molecule has 176 valence electrons. The van der Waals surface area contributed by atoms with Crippen LogP contribution in [0.1, 0.15) is 120 Å². The molecule has 31 heavy (non-hydrogen) atoms. The van der Waals surface area contributed by atoms with Crippen molar-refractivity contribution in [2.24, 2.45) is 50.2 Å². The molecular weight excluding hydrogens is 376 g/mol. The molecule has 5 aliphatic rings. The van der Waals surface area contributed by atoms with E-state index in [1.54, 1.807) is 0 Å². The Morgan fingerprint density at radius 3 is 2.10 bits per heavy atom. The number of hydrogen-bond acceptors (Lipinski definition) is 1. The second-order valence-electron chi connectivity index (χ2n) is 15.0. The van der Waals surface area contributed by atoms with Gasteiger partial charge in [0, 0.05) is 0 Å². The van der Waals surface area contributed by atoms with Gasteiger partial charge in [-0.2, -0.15) is 0 Å². The lowest BCUT2D eigenvalue weighted by atomic mass is 9.31. The quantitative estimate of drug-likeness (QED) is 0.387. The molecule has 5 aliphatic carbocycles. The van der Waals surface area contributed by atoms with Crippen molar-refractivity contribution in [1.82, 2.24) is 0 Å². The fraction of sp³-hybridized carbons (Fsp3) is 0.933. The van der Waals surface area contributed by atoms with E-state index in [2.05, 4.69) is 61.5 Å². The number of rotatable bonds is 0. The molecule has 1 heteroatoms. The van der Waals surface area contributed by atoms with E-state index in [0.717, 1.165) is 18.3 Å². The van der Waals surface area contributed by atoms with Gasteiger partial charge in [0.25, 0.3) is 0 Å². The molecule has 1 N–H and O–H groups in total. The normalized spacial score (nSPS) is 55.2. The van der Waals surface area contributed by atoms with E-state index >= 15 is 0 Å². The zero-order valence-electron chi connectivity index (χ0n) is 21.9. The minimum atomic E-state index is -0.120. The van der Waals surface area contributed by atoms with E-state index in [0.29, 0.717) is 33.0 Å². The van der Waals surface area contributed by atoms with Crippen LogP contribution in [0, 0.1) is 50.2 Å². The summed E-state index contributed by atoms with van der Waals surface area (Å²) >= 11 is 0. The molecule has 0 aromatic rings. The van der Waals surface area contributed by atoms with Crippen molar-refractivity contribution in [3.63, 3.8) is 0 Å². The van der Waals surface area contributed by atoms with Gasteiger partial charge in [0.15, 0.2) is 0 Å². The molecule has 0 aromatic carbocycles. The number of hydrogen-bond donors (Lipinski definition) is 1. The molecule has 0 radical (unpaired) electrons. The summed E-state index contributed by atoms with van der Waals surface area (Å²) in [5, 5.41) is 10.9. The Hall–Kier alpha value is -0.300. The average Bonchev–Trinajstić information content (AvgIpc) is 2.65. The molecule has 1 nitrogen and oxygen atoms in total. The van der Waals surface area contributed by atoms with Crippen LogP contribution >= 0.6 is 0 Å². The van der Waals surface area contributed by atoms with Crippen LogP contribution in [0.15, 0.2) is 11.6 Å². The van der Waals surface area contributed by atoms with E-state index in [-0.39, 0.29) is 11.5 Å². The predicted octanol–water partition coefficient (Wildman–Crippen LogP) is 8.17. The van der Waals surface area contributed by atoms with Gasteiger partial charge in [-0.1, -0.05) is 73.5 Å². The third kappa shape index (κ3) is 2.60. The first-order chi connectivity index (χ1) is 14.2. The van der Waals surface area contributed by atoms with Crippen molar-refractivity contribution < 1.29 is 5.11 Å². The molecule has 0 spiro atoms. The fourth-order valence-electron chi connectivity index (χ4n) is 11.4. The zero-order valence-corrected chi connectivity index (χ0v) is 21.9. The van der Waals surface area contributed by atoms with Gasteiger partial charge >= 0.3 is 0 Å². The van der Waals surface area contributed by atoms with Crippen LogP contribution in [0.2, 0.25) is 0 Å². The average molecular weight is 427 g/mol. The maximum absolute atomic E-state index is 10.9. The highest BCUT2D eigenvalue weighted by Crippen LogP contribution is 2.77. The Morgan fingerprint density at radius 1 is 0.710 bits per heavy atom. The van der Waals surface area contributed by atoms with Crippen LogP contribution in [0.3, 0.4) is 0 Å². The van der Waals surface area contributed by atoms with Crippen LogP contribution < -0.4 is 0 Å². The fourth-order valence-corrected chi connectivity index (χ4v) is 11.4. The topological polar surface area (TPSA) is 20.2 Å². The molecule has 0 heterocycles. The molecule has 0 amide bonds. The first-order valence-electron chi connectivity index (χ1n) is 13.6. The van der Waals surface area contributed by atoms with Gasteiger partial charge in [0.05, 0.1) is 6.10 Å². The minimum Gasteiger partial charge on any atom is -0.393 e. The summed E-state index contributed by atoms with van der Waals surface area (Å²) < 4.78 is 0. The van der Waals surface area contributed by atoms with Crippen molar-refractivity contribution in [1.29, 1.82) is 0 Å². The van der Waals surface area contributed by atoms with E-state index < -0.39 is 0 Å². The monoisotopic (exact) mass is 426 g/mol. The molecule has 0 aromatic heterocycles. The van der Waals surface area contributed by atoms with Gasteiger partial charge in [-0.3, -0.25) is 0 Å². The molecule has 0 aliphatic heterocycles. The lowest BCUT2D eigenvalue weighted by Gasteiger charge is -2.73. The van der Waals surface area contributed by atoms with Gasteiger partial charge in [-0.25, -0.2) is 0 Å². The van der Waals surface area contributed by atoms with Crippen molar-refractivity contribution in [3.05, 3.63) is 11.6 Å². The highest BCUT2D eigenvalue weighted by atomic mass is 16.3. The third-order valence-electron chi connectivity index (χ3n) is 13.2. The highest BCUT2D eigenvalue weighted by Gasteiger charge is 2.69. The van der Waals surface area contributed by atoms with Crippen molar-refractivity contribution in [2.75, 3.05) is 0 Å². The summed E-state index contributed by atoms with van der Waals surface area (Å²) in [4.78, 5) is 0. The summed E-state index contributed by atoms with van der Waals surface area (Å²) in [5.41, 5.74) is 3.90. The summed E-state index contributed by atoms with van der Waals surface area (Å²) in [7, 11) is 0. The standard InChI is InChI=1S/C30H50O/c1-25(2)15-9-16-27(5)20(25)12-18-29(7)22(27)10-11-23-28(6)17-14-24(31)26(3,4)21(28)13-19-30(23,29)8/h12,21-24,31H,9-11,13-19H2,1-8H3. The maximum Gasteiger partial charge on any atom is 0.0594 e. The van der Waals surface area contributed by atoms with Gasteiger partial charge in [-0.05, 0) is 108 Å². The number of aliphatic hydroxyl groups is 1.